The van der Waals surface area contributed by atoms with Crippen molar-refractivity contribution in [2.45, 2.75) is 25.1 Å². The molecule has 5 nitrogen and oxygen atoms in total. The summed E-state index contributed by atoms with van der Waals surface area (Å²) >= 11 is 13.1. The van der Waals surface area contributed by atoms with Gasteiger partial charge in [0, 0.05) is 29.2 Å². The van der Waals surface area contributed by atoms with Gasteiger partial charge in [0.2, 0.25) is 0 Å². The molecule has 2 N–H and O–H groups in total. The number of likely N-dealkylation sites (N-methyl/N-ethyl adjacent to an activating group) is 1. The summed E-state index contributed by atoms with van der Waals surface area (Å²) < 4.78 is 11.0. The normalized spacial score (nSPS) is 13.2. The standard InChI is InChI=1S/C27H32Cl2N2O3/c1-19(30-16-20(32)18-34-26-15-9-8-14-25(26)33-3)17-31(2)27(21-10-4-6-12-23(21)28)22-11-5-7-13-24(22)29/h4-15,19-20,27,30,32H,16-18H2,1-3H3. The average molecular weight is 503 g/mol. The van der Waals surface area contributed by atoms with Crippen molar-refractivity contribution in [3.63, 3.8) is 0 Å². The molecule has 0 aliphatic carbocycles. The van der Waals surface area contributed by atoms with Crippen LogP contribution < -0.4 is 14.8 Å². The third-order valence-corrected chi connectivity index (χ3v) is 6.29. The first-order chi connectivity index (χ1) is 16.4. The van der Waals surface area contributed by atoms with Crippen molar-refractivity contribution >= 4 is 23.2 Å². The van der Waals surface area contributed by atoms with Gasteiger partial charge in [0.05, 0.1) is 13.2 Å². The summed E-state index contributed by atoms with van der Waals surface area (Å²) in [7, 11) is 3.65. The third kappa shape index (κ3) is 7.11. The van der Waals surface area contributed by atoms with Crippen LogP contribution in [0, 0.1) is 0 Å². The molecule has 0 spiro atoms. The van der Waals surface area contributed by atoms with Gasteiger partial charge < -0.3 is 19.9 Å². The fourth-order valence-electron chi connectivity index (χ4n) is 3.96. The molecule has 7 heteroatoms. The van der Waals surface area contributed by atoms with Crippen molar-refractivity contribution in [1.82, 2.24) is 10.2 Å². The highest BCUT2D eigenvalue weighted by Crippen LogP contribution is 2.36. The molecular weight excluding hydrogens is 471 g/mol. The molecule has 2 unspecified atom stereocenters. The summed E-state index contributed by atoms with van der Waals surface area (Å²) in [5.74, 6) is 1.25. The molecule has 0 radical (unpaired) electrons. The van der Waals surface area contributed by atoms with Crippen molar-refractivity contribution in [3.05, 3.63) is 94.0 Å². The number of hydrogen-bond donors (Lipinski definition) is 2. The number of aliphatic hydroxyl groups excluding tert-OH is 1. The quantitative estimate of drug-likeness (QED) is 0.345. The molecule has 0 bridgehead atoms. The van der Waals surface area contributed by atoms with Crippen LogP contribution in [-0.4, -0.2) is 56.0 Å². The first-order valence-corrected chi connectivity index (χ1v) is 12.0. The van der Waals surface area contributed by atoms with Gasteiger partial charge in [0.25, 0.3) is 0 Å². The van der Waals surface area contributed by atoms with Gasteiger partial charge in [-0.2, -0.15) is 0 Å². The Morgan fingerprint density at radius 2 is 1.41 bits per heavy atom. The second kappa shape index (κ2) is 13.0. The maximum atomic E-state index is 10.4. The highest BCUT2D eigenvalue weighted by Gasteiger charge is 2.25. The van der Waals surface area contributed by atoms with E-state index in [0.717, 1.165) is 11.1 Å². The topological polar surface area (TPSA) is 54.0 Å². The molecule has 34 heavy (non-hydrogen) atoms. The number of rotatable bonds is 12. The molecule has 182 valence electrons. The summed E-state index contributed by atoms with van der Waals surface area (Å²) in [5, 5.41) is 15.2. The summed E-state index contributed by atoms with van der Waals surface area (Å²) in [5.41, 5.74) is 1.99. The molecule has 0 aliphatic heterocycles. The minimum Gasteiger partial charge on any atom is -0.493 e. The number of halogens is 2. The van der Waals surface area contributed by atoms with Gasteiger partial charge in [-0.05, 0) is 49.4 Å². The molecule has 0 saturated heterocycles. The first kappa shape index (κ1) is 26.3. The number of hydrogen-bond acceptors (Lipinski definition) is 5. The molecule has 0 aromatic heterocycles. The van der Waals surface area contributed by atoms with Gasteiger partial charge in [-0.15, -0.1) is 0 Å². The smallest absolute Gasteiger partial charge is 0.161 e. The Kier molecular flexibility index (Phi) is 10.1. The van der Waals surface area contributed by atoms with Crippen LogP contribution in [0.4, 0.5) is 0 Å². The zero-order valence-electron chi connectivity index (χ0n) is 19.7. The van der Waals surface area contributed by atoms with Crippen molar-refractivity contribution < 1.29 is 14.6 Å². The van der Waals surface area contributed by atoms with E-state index in [-0.39, 0.29) is 18.7 Å². The van der Waals surface area contributed by atoms with E-state index in [9.17, 15) is 5.11 Å². The van der Waals surface area contributed by atoms with E-state index in [4.69, 9.17) is 32.7 Å². The highest BCUT2D eigenvalue weighted by atomic mass is 35.5. The Morgan fingerprint density at radius 3 is 1.97 bits per heavy atom. The Balaban J connectivity index is 1.60. The van der Waals surface area contributed by atoms with E-state index >= 15 is 0 Å². The summed E-state index contributed by atoms with van der Waals surface area (Å²) in [6.07, 6.45) is -0.666. The molecule has 0 amide bonds. The number of ether oxygens (including phenoxy) is 2. The van der Waals surface area contributed by atoms with Gasteiger partial charge in [-0.3, -0.25) is 4.90 Å². The molecule has 0 saturated carbocycles. The van der Waals surface area contributed by atoms with E-state index in [1.807, 2.05) is 72.8 Å². The molecule has 3 rings (SSSR count). The molecule has 3 aromatic rings. The van der Waals surface area contributed by atoms with Crippen LogP contribution in [0.1, 0.15) is 24.1 Å². The lowest BCUT2D eigenvalue weighted by Gasteiger charge is -2.32. The third-order valence-electron chi connectivity index (χ3n) is 5.60. The summed E-state index contributed by atoms with van der Waals surface area (Å²) in [4.78, 5) is 2.22. The lowest BCUT2D eigenvalue weighted by Crippen LogP contribution is -2.43. The van der Waals surface area contributed by atoms with E-state index in [2.05, 4.69) is 24.2 Å². The van der Waals surface area contributed by atoms with Crippen LogP contribution >= 0.6 is 23.2 Å². The van der Waals surface area contributed by atoms with Gasteiger partial charge >= 0.3 is 0 Å². The number of para-hydroxylation sites is 2. The predicted octanol–water partition coefficient (Wildman–Crippen LogP) is 5.44. The van der Waals surface area contributed by atoms with Crippen LogP contribution in [0.15, 0.2) is 72.8 Å². The molecule has 0 aliphatic rings. The lowest BCUT2D eigenvalue weighted by molar-refractivity contribution is 0.100. The number of benzene rings is 3. The Morgan fingerprint density at radius 1 is 0.882 bits per heavy atom. The van der Waals surface area contributed by atoms with Crippen LogP contribution in [0.2, 0.25) is 10.0 Å². The van der Waals surface area contributed by atoms with Crippen molar-refractivity contribution in [2.24, 2.45) is 0 Å². The molecule has 2 atom stereocenters. The van der Waals surface area contributed by atoms with Crippen LogP contribution in [-0.2, 0) is 0 Å². The van der Waals surface area contributed by atoms with Crippen molar-refractivity contribution in [1.29, 1.82) is 0 Å². The zero-order chi connectivity index (χ0) is 24.5. The number of nitrogens with one attached hydrogen (secondary N) is 1. The van der Waals surface area contributed by atoms with Gasteiger partial charge in [0.15, 0.2) is 11.5 Å². The van der Waals surface area contributed by atoms with E-state index in [0.29, 0.717) is 34.6 Å². The molecular formula is C27H32Cl2N2O3. The van der Waals surface area contributed by atoms with Crippen molar-refractivity contribution in [3.8, 4) is 11.5 Å². The highest BCUT2D eigenvalue weighted by molar-refractivity contribution is 6.32. The first-order valence-electron chi connectivity index (χ1n) is 11.3. The fourth-order valence-corrected chi connectivity index (χ4v) is 4.44. The Bertz CT molecular complexity index is 1000. The largest absolute Gasteiger partial charge is 0.493 e. The molecule has 3 aromatic carbocycles. The predicted molar refractivity (Wildman–Crippen MR) is 139 cm³/mol. The zero-order valence-corrected chi connectivity index (χ0v) is 21.3. The van der Waals surface area contributed by atoms with Gasteiger partial charge in [-0.1, -0.05) is 71.7 Å². The van der Waals surface area contributed by atoms with Gasteiger partial charge in [-0.25, -0.2) is 0 Å². The van der Waals surface area contributed by atoms with Crippen LogP contribution in [0.25, 0.3) is 0 Å². The molecule has 0 fully saturated rings. The maximum absolute atomic E-state index is 10.4. The number of aliphatic hydroxyl groups is 1. The van der Waals surface area contributed by atoms with E-state index < -0.39 is 6.10 Å². The Hall–Kier alpha value is -2.28. The van der Waals surface area contributed by atoms with E-state index in [1.165, 1.54) is 0 Å². The second-order valence-corrected chi connectivity index (χ2v) is 9.12. The minimum absolute atomic E-state index is 0.0957. The average Bonchev–Trinajstić information content (AvgIpc) is 2.84. The fraction of sp³-hybridized carbons (Fsp3) is 0.333. The van der Waals surface area contributed by atoms with E-state index in [1.54, 1.807) is 7.11 Å². The lowest BCUT2D eigenvalue weighted by atomic mass is 9.96. The summed E-state index contributed by atoms with van der Waals surface area (Å²) in [6.45, 7) is 3.35. The monoisotopic (exact) mass is 502 g/mol. The summed E-state index contributed by atoms with van der Waals surface area (Å²) in [6, 6.07) is 23.1. The Labute approximate surface area is 212 Å². The van der Waals surface area contributed by atoms with Crippen LogP contribution in [0.3, 0.4) is 0 Å². The number of nitrogens with zero attached hydrogens (tertiary/aromatic N) is 1. The molecule has 0 heterocycles. The van der Waals surface area contributed by atoms with Crippen LogP contribution in [0.5, 0.6) is 11.5 Å². The second-order valence-electron chi connectivity index (χ2n) is 8.31. The minimum atomic E-state index is -0.666. The van der Waals surface area contributed by atoms with Gasteiger partial charge in [0.1, 0.15) is 12.7 Å². The maximum Gasteiger partial charge on any atom is 0.161 e. The number of methoxy groups -OCH3 is 1. The van der Waals surface area contributed by atoms with Crippen molar-refractivity contribution in [2.75, 3.05) is 33.9 Å². The SMILES string of the molecule is COc1ccccc1OCC(O)CNC(C)CN(C)C(c1ccccc1Cl)c1ccccc1Cl.